The van der Waals surface area contributed by atoms with E-state index in [0.29, 0.717) is 6.10 Å². The normalized spacial score (nSPS) is 27.7. The fourth-order valence-electron chi connectivity index (χ4n) is 4.59. The molecule has 2 nitrogen and oxygen atoms in total. The Bertz CT molecular complexity index is 730. The highest BCUT2D eigenvalue weighted by Gasteiger charge is 2.34. The molecular formula is C21H23NO. The summed E-state index contributed by atoms with van der Waals surface area (Å²) in [6.07, 6.45) is 4.16. The van der Waals surface area contributed by atoms with Crippen molar-refractivity contribution in [3.63, 3.8) is 0 Å². The summed E-state index contributed by atoms with van der Waals surface area (Å²) < 4.78 is 6.30. The van der Waals surface area contributed by atoms with E-state index >= 15 is 0 Å². The van der Waals surface area contributed by atoms with Gasteiger partial charge in [0.15, 0.2) is 0 Å². The number of hydrogen-bond donors (Lipinski definition) is 0. The Balaban J connectivity index is 1.31. The molecule has 0 radical (unpaired) electrons. The highest BCUT2D eigenvalue weighted by molar-refractivity contribution is 5.76. The molecule has 118 valence electrons. The van der Waals surface area contributed by atoms with Crippen LogP contribution in [0.5, 0.6) is 0 Å². The fraction of sp³-hybridized carbons (Fsp3) is 0.429. The van der Waals surface area contributed by atoms with Crippen molar-refractivity contribution in [2.75, 3.05) is 19.6 Å². The average Bonchev–Trinajstić information content (AvgIpc) is 2.99. The lowest BCUT2D eigenvalue weighted by molar-refractivity contribution is -0.0765. The van der Waals surface area contributed by atoms with Gasteiger partial charge in [-0.1, -0.05) is 42.5 Å². The van der Waals surface area contributed by atoms with Crippen LogP contribution in [0.2, 0.25) is 0 Å². The van der Waals surface area contributed by atoms with Crippen molar-refractivity contribution in [3.8, 4) is 11.1 Å². The summed E-state index contributed by atoms with van der Waals surface area (Å²) in [4.78, 5) is 2.56. The molecule has 0 saturated carbocycles. The van der Waals surface area contributed by atoms with Crippen LogP contribution < -0.4 is 0 Å². The van der Waals surface area contributed by atoms with Gasteiger partial charge in [0.2, 0.25) is 0 Å². The number of benzene rings is 2. The largest absolute Gasteiger partial charge is 0.372 e. The van der Waals surface area contributed by atoms with Crippen LogP contribution in [0.4, 0.5) is 0 Å². The zero-order valence-corrected chi connectivity index (χ0v) is 13.5. The van der Waals surface area contributed by atoms with E-state index in [9.17, 15) is 0 Å². The molecule has 3 fully saturated rings. The summed E-state index contributed by atoms with van der Waals surface area (Å²) in [5.74, 6) is 0.790. The summed E-state index contributed by atoms with van der Waals surface area (Å²) in [6, 6.07) is 15.7. The van der Waals surface area contributed by atoms with Gasteiger partial charge in [-0.05, 0) is 66.1 Å². The summed E-state index contributed by atoms with van der Waals surface area (Å²) in [6.45, 7) is 4.46. The molecule has 4 aliphatic rings. The topological polar surface area (TPSA) is 12.5 Å². The maximum Gasteiger partial charge on any atom is 0.0735 e. The lowest BCUT2D eigenvalue weighted by Crippen LogP contribution is -2.51. The molecule has 3 heterocycles. The van der Waals surface area contributed by atoms with Gasteiger partial charge in [-0.25, -0.2) is 0 Å². The molecule has 0 amide bonds. The molecule has 3 aliphatic heterocycles. The van der Waals surface area contributed by atoms with Crippen LogP contribution >= 0.6 is 0 Å². The fourth-order valence-corrected chi connectivity index (χ4v) is 4.59. The Morgan fingerprint density at radius 3 is 2.61 bits per heavy atom. The number of ether oxygens (including phenoxy) is 1. The lowest BCUT2D eigenvalue weighted by atomic mass is 9.86. The molecule has 2 bridgehead atoms. The van der Waals surface area contributed by atoms with Crippen molar-refractivity contribution >= 4 is 0 Å². The van der Waals surface area contributed by atoms with E-state index in [1.54, 1.807) is 0 Å². The molecule has 0 aromatic heterocycles. The summed E-state index contributed by atoms with van der Waals surface area (Å²) in [7, 11) is 0. The zero-order chi connectivity index (χ0) is 15.2. The standard InChI is InChI=1S/C21H23NO/c1-2-4-19-17(3-1)12-18-11-15(5-6-20(18)19)14-23-21-13-22-9-7-16(21)8-10-22/h1-6,11,16,21H,7-10,12-14H2. The monoisotopic (exact) mass is 305 g/mol. The first-order valence-electron chi connectivity index (χ1n) is 8.91. The quantitative estimate of drug-likeness (QED) is 0.728. The van der Waals surface area contributed by atoms with Crippen LogP contribution in [0, 0.1) is 5.92 Å². The minimum Gasteiger partial charge on any atom is -0.372 e. The van der Waals surface area contributed by atoms with Crippen LogP contribution in [-0.4, -0.2) is 30.6 Å². The Morgan fingerprint density at radius 1 is 0.957 bits per heavy atom. The summed E-state index contributed by atoms with van der Waals surface area (Å²) in [5.41, 5.74) is 7.06. The molecule has 1 unspecified atom stereocenters. The van der Waals surface area contributed by atoms with E-state index in [0.717, 1.165) is 25.5 Å². The molecule has 0 N–H and O–H groups in total. The van der Waals surface area contributed by atoms with Gasteiger partial charge in [-0.15, -0.1) is 0 Å². The Morgan fingerprint density at radius 2 is 1.78 bits per heavy atom. The van der Waals surface area contributed by atoms with Crippen molar-refractivity contribution in [1.29, 1.82) is 0 Å². The van der Waals surface area contributed by atoms with Crippen LogP contribution in [0.1, 0.15) is 29.5 Å². The minimum atomic E-state index is 0.447. The van der Waals surface area contributed by atoms with Gasteiger partial charge in [0.05, 0.1) is 12.7 Å². The number of rotatable bonds is 3. The average molecular weight is 305 g/mol. The van der Waals surface area contributed by atoms with E-state index in [-0.39, 0.29) is 0 Å². The van der Waals surface area contributed by atoms with E-state index in [1.165, 1.54) is 53.7 Å². The zero-order valence-electron chi connectivity index (χ0n) is 13.5. The van der Waals surface area contributed by atoms with Gasteiger partial charge in [0.1, 0.15) is 0 Å². The first kappa shape index (κ1) is 13.8. The first-order chi connectivity index (χ1) is 11.4. The molecule has 0 spiro atoms. The summed E-state index contributed by atoms with van der Waals surface area (Å²) in [5, 5.41) is 0. The maximum atomic E-state index is 6.30. The molecule has 3 saturated heterocycles. The molecule has 2 aromatic rings. The molecule has 1 atom stereocenters. The molecule has 23 heavy (non-hydrogen) atoms. The SMILES string of the molecule is c1ccc2c(c1)Cc1cc(COC3CN4CCC3CC4)ccc1-2. The number of fused-ring (bicyclic) bond motifs is 6. The van der Waals surface area contributed by atoms with Crippen molar-refractivity contribution < 1.29 is 4.74 Å². The van der Waals surface area contributed by atoms with Crippen LogP contribution in [-0.2, 0) is 17.8 Å². The second-order valence-corrected chi connectivity index (χ2v) is 7.31. The predicted octanol–water partition coefficient (Wildman–Crippen LogP) is 3.87. The molecule has 2 heteroatoms. The van der Waals surface area contributed by atoms with Gasteiger partial charge < -0.3 is 9.64 Å². The third-order valence-electron chi connectivity index (χ3n) is 5.92. The van der Waals surface area contributed by atoms with Crippen LogP contribution in [0.3, 0.4) is 0 Å². The van der Waals surface area contributed by atoms with E-state index < -0.39 is 0 Å². The Kier molecular flexibility index (Phi) is 3.27. The van der Waals surface area contributed by atoms with E-state index in [2.05, 4.69) is 47.4 Å². The highest BCUT2D eigenvalue weighted by atomic mass is 16.5. The number of piperidine rings is 3. The number of hydrogen-bond acceptors (Lipinski definition) is 2. The van der Waals surface area contributed by atoms with Crippen molar-refractivity contribution in [2.24, 2.45) is 5.92 Å². The van der Waals surface area contributed by atoms with Crippen LogP contribution in [0.15, 0.2) is 42.5 Å². The predicted molar refractivity (Wildman–Crippen MR) is 92.4 cm³/mol. The van der Waals surface area contributed by atoms with Crippen LogP contribution in [0.25, 0.3) is 11.1 Å². The van der Waals surface area contributed by atoms with Gasteiger partial charge in [-0.3, -0.25) is 0 Å². The van der Waals surface area contributed by atoms with Gasteiger partial charge in [-0.2, -0.15) is 0 Å². The Hall–Kier alpha value is -1.64. The Labute approximate surface area is 138 Å². The smallest absolute Gasteiger partial charge is 0.0735 e. The highest BCUT2D eigenvalue weighted by Crippen LogP contribution is 2.37. The van der Waals surface area contributed by atoms with Gasteiger partial charge in [0, 0.05) is 6.54 Å². The summed E-state index contributed by atoms with van der Waals surface area (Å²) >= 11 is 0. The third kappa shape index (κ3) is 2.41. The molecule has 6 rings (SSSR count). The first-order valence-corrected chi connectivity index (χ1v) is 8.91. The van der Waals surface area contributed by atoms with Gasteiger partial charge >= 0.3 is 0 Å². The second kappa shape index (κ2) is 5.47. The van der Waals surface area contributed by atoms with Crippen molar-refractivity contribution in [3.05, 3.63) is 59.2 Å². The third-order valence-corrected chi connectivity index (χ3v) is 5.92. The molecular weight excluding hydrogens is 282 g/mol. The molecule has 1 aliphatic carbocycles. The van der Waals surface area contributed by atoms with E-state index in [1.807, 2.05) is 0 Å². The number of nitrogens with zero attached hydrogens (tertiary/aromatic N) is 1. The van der Waals surface area contributed by atoms with Crippen molar-refractivity contribution in [1.82, 2.24) is 4.90 Å². The molecule has 2 aromatic carbocycles. The maximum absolute atomic E-state index is 6.30. The minimum absolute atomic E-state index is 0.447. The lowest BCUT2D eigenvalue weighted by Gasteiger charge is -2.44. The second-order valence-electron chi connectivity index (χ2n) is 7.31. The van der Waals surface area contributed by atoms with E-state index in [4.69, 9.17) is 4.74 Å². The van der Waals surface area contributed by atoms with Gasteiger partial charge in [0.25, 0.3) is 0 Å². The van der Waals surface area contributed by atoms with Crippen molar-refractivity contribution in [2.45, 2.75) is 32.0 Å².